The van der Waals surface area contributed by atoms with Gasteiger partial charge in [-0.1, -0.05) is 36.8 Å². The number of aromatic nitrogens is 3. The van der Waals surface area contributed by atoms with Crippen molar-refractivity contribution >= 4 is 39.5 Å². The number of hydrogen-bond donors (Lipinski definition) is 1. The summed E-state index contributed by atoms with van der Waals surface area (Å²) >= 11 is 2.47. The normalized spacial score (nSPS) is 16.1. The first-order valence-corrected chi connectivity index (χ1v) is 12.2. The van der Waals surface area contributed by atoms with Crippen molar-refractivity contribution in [3.8, 4) is 5.75 Å². The highest BCUT2D eigenvalue weighted by Gasteiger charge is 2.46. The van der Waals surface area contributed by atoms with E-state index >= 15 is 0 Å². The Morgan fingerprint density at radius 1 is 1.12 bits per heavy atom. The number of aliphatic hydroxyl groups is 1. The van der Waals surface area contributed by atoms with Crippen molar-refractivity contribution < 1.29 is 19.4 Å². The Balaban J connectivity index is 1.77. The molecule has 172 valence electrons. The molecular formula is C23H24N4O4S2. The van der Waals surface area contributed by atoms with Gasteiger partial charge in [0.2, 0.25) is 10.9 Å². The summed E-state index contributed by atoms with van der Waals surface area (Å²) < 4.78 is 5.75. The summed E-state index contributed by atoms with van der Waals surface area (Å²) in [5.74, 6) is -0.973. The molecule has 1 atom stereocenters. The van der Waals surface area contributed by atoms with Gasteiger partial charge in [-0.05, 0) is 44.9 Å². The first-order valence-electron chi connectivity index (χ1n) is 10.6. The summed E-state index contributed by atoms with van der Waals surface area (Å²) in [5, 5.41) is 20.7. The van der Waals surface area contributed by atoms with Gasteiger partial charge in [-0.2, -0.15) is 0 Å². The standard InChI is InChI=1S/C23H24N4O4S2/c1-5-6-11-31-16-9-7-15(8-10-16)18-17(19(28)21-12(2)24-13(3)32-21)20(29)22(30)27(18)23-26-25-14(4)33-23/h7-10,18,29H,5-6,11H2,1-4H3. The van der Waals surface area contributed by atoms with E-state index in [1.165, 1.54) is 27.6 Å². The lowest BCUT2D eigenvalue weighted by Crippen LogP contribution is -2.31. The molecule has 4 rings (SSSR count). The van der Waals surface area contributed by atoms with Crippen molar-refractivity contribution in [2.45, 2.75) is 46.6 Å². The Hall–Kier alpha value is -3.11. The number of anilines is 1. The first kappa shape index (κ1) is 23.1. The van der Waals surface area contributed by atoms with Crippen LogP contribution in [-0.4, -0.2) is 38.6 Å². The van der Waals surface area contributed by atoms with E-state index in [0.29, 0.717) is 38.6 Å². The number of rotatable bonds is 8. The third-order valence-corrected chi connectivity index (χ3v) is 7.16. The van der Waals surface area contributed by atoms with Gasteiger partial charge in [0, 0.05) is 0 Å². The Morgan fingerprint density at radius 2 is 1.85 bits per heavy atom. The van der Waals surface area contributed by atoms with Crippen LogP contribution in [0.2, 0.25) is 0 Å². The average molecular weight is 485 g/mol. The summed E-state index contributed by atoms with van der Waals surface area (Å²) in [4.78, 5) is 32.8. The number of thiazole rings is 1. The Kier molecular flexibility index (Phi) is 6.57. The highest BCUT2D eigenvalue weighted by molar-refractivity contribution is 7.15. The van der Waals surface area contributed by atoms with Crippen LogP contribution < -0.4 is 9.64 Å². The van der Waals surface area contributed by atoms with Gasteiger partial charge in [-0.25, -0.2) is 4.98 Å². The molecule has 0 spiro atoms. The average Bonchev–Trinajstić information content (AvgIpc) is 3.44. The number of ketones is 1. The maximum absolute atomic E-state index is 13.6. The van der Waals surface area contributed by atoms with Gasteiger partial charge in [-0.15, -0.1) is 21.5 Å². The lowest BCUT2D eigenvalue weighted by Gasteiger charge is -2.24. The number of aliphatic hydroxyl groups excluding tert-OH is 1. The van der Waals surface area contributed by atoms with Gasteiger partial charge in [-0.3, -0.25) is 14.5 Å². The van der Waals surface area contributed by atoms with Crippen LogP contribution in [0.25, 0.3) is 0 Å². The number of unbranched alkanes of at least 4 members (excludes halogenated alkanes) is 1. The summed E-state index contributed by atoms with van der Waals surface area (Å²) in [6.45, 7) is 8.04. The zero-order chi connectivity index (χ0) is 23.7. The second-order valence-corrected chi connectivity index (χ2v) is 10.1. The lowest BCUT2D eigenvalue weighted by molar-refractivity contribution is -0.117. The van der Waals surface area contributed by atoms with Crippen molar-refractivity contribution in [2.75, 3.05) is 11.5 Å². The summed E-state index contributed by atoms with van der Waals surface area (Å²) in [6, 6.07) is 6.37. The van der Waals surface area contributed by atoms with Crippen LogP contribution in [0.15, 0.2) is 35.6 Å². The number of carbonyl (C=O) groups excluding carboxylic acids is 2. The third kappa shape index (κ3) is 4.40. The SMILES string of the molecule is CCCCOc1ccc(C2C(C(=O)c3sc(C)nc3C)=C(O)C(=O)N2c2nnc(C)s2)cc1. The summed E-state index contributed by atoms with van der Waals surface area (Å²) in [6.07, 6.45) is 1.98. The van der Waals surface area contributed by atoms with Crippen LogP contribution in [0.1, 0.15) is 56.8 Å². The predicted octanol–water partition coefficient (Wildman–Crippen LogP) is 4.88. The molecule has 1 amide bonds. The number of benzene rings is 1. The van der Waals surface area contributed by atoms with Crippen LogP contribution in [0.3, 0.4) is 0 Å². The number of hydrogen-bond acceptors (Lipinski definition) is 9. The van der Waals surface area contributed by atoms with E-state index in [4.69, 9.17) is 4.74 Å². The molecule has 2 aromatic heterocycles. The second kappa shape index (κ2) is 9.40. The minimum absolute atomic E-state index is 0.0132. The van der Waals surface area contributed by atoms with Crippen LogP contribution >= 0.6 is 22.7 Å². The molecule has 1 N–H and O–H groups in total. The molecule has 10 heteroatoms. The van der Waals surface area contributed by atoms with E-state index in [1.54, 1.807) is 38.1 Å². The fraction of sp³-hybridized carbons (Fsp3) is 0.348. The quantitative estimate of drug-likeness (QED) is 0.359. The van der Waals surface area contributed by atoms with Crippen molar-refractivity contribution in [3.05, 3.63) is 61.7 Å². The topological polar surface area (TPSA) is 106 Å². The van der Waals surface area contributed by atoms with E-state index in [2.05, 4.69) is 22.1 Å². The fourth-order valence-electron chi connectivity index (χ4n) is 3.68. The first-order chi connectivity index (χ1) is 15.8. The maximum atomic E-state index is 13.6. The molecular weight excluding hydrogens is 460 g/mol. The molecule has 0 bridgehead atoms. The van der Waals surface area contributed by atoms with E-state index in [1.807, 2.05) is 6.92 Å². The smallest absolute Gasteiger partial charge is 0.296 e. The van der Waals surface area contributed by atoms with Gasteiger partial charge in [0.25, 0.3) is 5.91 Å². The number of ether oxygens (including phenoxy) is 1. The zero-order valence-electron chi connectivity index (χ0n) is 18.8. The van der Waals surface area contributed by atoms with Crippen LogP contribution in [-0.2, 0) is 4.79 Å². The highest BCUT2D eigenvalue weighted by atomic mass is 32.1. The largest absolute Gasteiger partial charge is 0.503 e. The van der Waals surface area contributed by atoms with E-state index in [9.17, 15) is 14.7 Å². The third-order valence-electron chi connectivity index (χ3n) is 5.25. The molecule has 8 nitrogen and oxygen atoms in total. The number of Topliss-reactive ketones (excluding diaryl/α,β-unsaturated/α-hetero) is 1. The molecule has 1 aliphatic rings. The Labute approximate surface area is 199 Å². The van der Waals surface area contributed by atoms with Crippen molar-refractivity contribution in [1.82, 2.24) is 15.2 Å². The van der Waals surface area contributed by atoms with Crippen LogP contribution in [0, 0.1) is 20.8 Å². The van der Waals surface area contributed by atoms with Crippen molar-refractivity contribution in [3.63, 3.8) is 0 Å². The van der Waals surface area contributed by atoms with E-state index < -0.39 is 23.5 Å². The number of amides is 1. The Bertz CT molecular complexity index is 1230. The van der Waals surface area contributed by atoms with Gasteiger partial charge < -0.3 is 9.84 Å². The highest BCUT2D eigenvalue weighted by Crippen LogP contribution is 2.43. The van der Waals surface area contributed by atoms with Gasteiger partial charge in [0.05, 0.1) is 33.8 Å². The molecule has 3 heterocycles. The minimum atomic E-state index is -0.844. The minimum Gasteiger partial charge on any atom is -0.503 e. The molecule has 0 fully saturated rings. The predicted molar refractivity (Wildman–Crippen MR) is 127 cm³/mol. The molecule has 0 radical (unpaired) electrons. The second-order valence-electron chi connectivity index (χ2n) is 7.69. The molecule has 33 heavy (non-hydrogen) atoms. The molecule has 0 saturated carbocycles. The molecule has 0 aliphatic carbocycles. The van der Waals surface area contributed by atoms with Gasteiger partial charge in [0.15, 0.2) is 5.76 Å². The molecule has 3 aromatic rings. The molecule has 1 aromatic carbocycles. The van der Waals surface area contributed by atoms with Crippen molar-refractivity contribution in [2.24, 2.45) is 0 Å². The summed E-state index contributed by atoms with van der Waals surface area (Å²) in [7, 11) is 0. The van der Waals surface area contributed by atoms with E-state index in [0.717, 1.165) is 17.8 Å². The summed E-state index contributed by atoms with van der Waals surface area (Å²) in [5.41, 5.74) is 1.24. The maximum Gasteiger partial charge on any atom is 0.296 e. The number of nitrogens with zero attached hydrogens (tertiary/aromatic N) is 4. The monoisotopic (exact) mass is 484 g/mol. The van der Waals surface area contributed by atoms with E-state index in [-0.39, 0.29) is 5.57 Å². The van der Waals surface area contributed by atoms with Gasteiger partial charge >= 0.3 is 0 Å². The number of aryl methyl sites for hydroxylation is 3. The lowest BCUT2D eigenvalue weighted by atomic mass is 9.95. The van der Waals surface area contributed by atoms with Crippen LogP contribution in [0.5, 0.6) is 5.75 Å². The van der Waals surface area contributed by atoms with Crippen LogP contribution in [0.4, 0.5) is 5.13 Å². The molecule has 0 saturated heterocycles. The zero-order valence-corrected chi connectivity index (χ0v) is 20.4. The van der Waals surface area contributed by atoms with Gasteiger partial charge in [0.1, 0.15) is 10.8 Å². The molecule has 1 aliphatic heterocycles. The fourth-order valence-corrected chi connectivity index (χ4v) is 5.27. The number of carbonyl (C=O) groups is 2. The molecule has 1 unspecified atom stereocenters. The van der Waals surface area contributed by atoms with Crippen molar-refractivity contribution in [1.29, 1.82) is 0 Å². The Morgan fingerprint density at radius 3 is 2.42 bits per heavy atom.